The molecule has 2 N–H and O–H groups in total. The minimum absolute atomic E-state index is 0.857. The van der Waals surface area contributed by atoms with Crippen LogP contribution in [-0.2, 0) is 13.1 Å². The van der Waals surface area contributed by atoms with Gasteiger partial charge in [0.05, 0.1) is 23.3 Å². The van der Waals surface area contributed by atoms with E-state index in [1.165, 1.54) is 0 Å². The number of unbranched alkanes of at least 4 members (excludes halogenated alkanes) is 2. The van der Waals surface area contributed by atoms with E-state index in [4.69, 9.17) is 0 Å². The molecule has 4 aromatic rings. The Balaban J connectivity index is 1.09. The summed E-state index contributed by atoms with van der Waals surface area (Å²) in [6.07, 6.45) is 7.47. The van der Waals surface area contributed by atoms with Gasteiger partial charge in [-0.25, -0.2) is 9.13 Å². The van der Waals surface area contributed by atoms with Gasteiger partial charge in [-0.05, 0) is 115 Å². The van der Waals surface area contributed by atoms with E-state index >= 15 is 0 Å². The van der Waals surface area contributed by atoms with E-state index in [2.05, 4.69) is 78.3 Å². The molecule has 0 fully saturated rings. The molecule has 10 heteroatoms. The number of rotatable bonds is 14. The van der Waals surface area contributed by atoms with E-state index in [1.807, 2.05) is 47.4 Å². The standard InChI is InChI=1S/C27H32N8S2/c1-3-34-18-20-36-26(34)32-30-24-12-8-22(9-13-24)28-16-6-5-7-17-29-23-10-14-25(15-11-23)31-33-27-35(4-2)19-21-37-27/h8-15,18-21H,3-7,16-17H2,1-2H3/p+2. The Morgan fingerprint density at radius 3 is 1.43 bits per heavy atom. The van der Waals surface area contributed by atoms with Crippen LogP contribution in [0.2, 0.25) is 0 Å². The highest BCUT2D eigenvalue weighted by atomic mass is 32.1. The van der Waals surface area contributed by atoms with Crippen LogP contribution in [0.25, 0.3) is 0 Å². The normalized spacial score (nSPS) is 11.5. The molecule has 0 aliphatic carbocycles. The van der Waals surface area contributed by atoms with E-state index in [0.717, 1.165) is 78.5 Å². The van der Waals surface area contributed by atoms with Gasteiger partial charge in [0.2, 0.25) is 0 Å². The number of benzene rings is 2. The number of nitrogens with zero attached hydrogens (tertiary/aromatic N) is 6. The molecule has 0 amide bonds. The second-order valence-electron chi connectivity index (χ2n) is 8.35. The number of hydrogen-bond acceptors (Lipinski definition) is 8. The number of azo groups is 2. The van der Waals surface area contributed by atoms with Crippen LogP contribution in [0.5, 0.6) is 0 Å². The molecule has 0 saturated carbocycles. The Labute approximate surface area is 226 Å². The molecule has 4 rings (SSSR count). The van der Waals surface area contributed by atoms with Gasteiger partial charge in [-0.15, -0.1) is 0 Å². The van der Waals surface area contributed by atoms with Gasteiger partial charge >= 0.3 is 10.3 Å². The lowest BCUT2D eigenvalue weighted by Crippen LogP contribution is -2.28. The summed E-state index contributed by atoms with van der Waals surface area (Å²) in [7, 11) is 0. The summed E-state index contributed by atoms with van der Waals surface area (Å²) in [4.78, 5) is 0. The monoisotopic (exact) mass is 534 g/mol. The Kier molecular flexibility index (Phi) is 10.3. The Morgan fingerprint density at radius 1 is 0.595 bits per heavy atom. The largest absolute Gasteiger partial charge is 0.408 e. The van der Waals surface area contributed by atoms with Crippen molar-refractivity contribution in [2.45, 2.75) is 46.2 Å². The van der Waals surface area contributed by atoms with Crippen molar-refractivity contribution in [2.75, 3.05) is 23.7 Å². The summed E-state index contributed by atoms with van der Waals surface area (Å²) < 4.78 is 4.16. The number of nitrogens with one attached hydrogen (secondary N) is 2. The predicted molar refractivity (Wildman–Crippen MR) is 152 cm³/mol. The molecule has 2 aromatic carbocycles. The summed E-state index contributed by atoms with van der Waals surface area (Å²) in [6.45, 7) is 7.90. The van der Waals surface area contributed by atoms with Crippen LogP contribution in [0.3, 0.4) is 0 Å². The van der Waals surface area contributed by atoms with Gasteiger partial charge in [-0.2, -0.15) is 0 Å². The van der Waals surface area contributed by atoms with Gasteiger partial charge in [0, 0.05) is 35.2 Å². The Hall–Kier alpha value is -3.50. The molecular formula is C27H34N8S2+2. The van der Waals surface area contributed by atoms with E-state index < -0.39 is 0 Å². The minimum atomic E-state index is 0.857. The molecule has 0 unspecified atom stereocenters. The Morgan fingerprint density at radius 2 is 1.03 bits per heavy atom. The predicted octanol–water partition coefficient (Wildman–Crippen LogP) is 7.95. The van der Waals surface area contributed by atoms with E-state index in [-0.39, 0.29) is 0 Å². The first-order chi connectivity index (χ1) is 18.2. The van der Waals surface area contributed by atoms with Gasteiger partial charge in [-0.1, -0.05) is 0 Å². The molecule has 0 aliphatic rings. The fourth-order valence-corrected chi connectivity index (χ4v) is 5.11. The lowest BCUT2D eigenvalue weighted by molar-refractivity contribution is -0.677. The molecule has 2 aromatic heterocycles. The highest BCUT2D eigenvalue weighted by molar-refractivity contribution is 7.13. The number of thiazole rings is 2. The second-order valence-corrected chi connectivity index (χ2v) is 10.1. The first kappa shape index (κ1) is 26.6. The van der Waals surface area contributed by atoms with Crippen molar-refractivity contribution in [3.05, 3.63) is 71.7 Å². The van der Waals surface area contributed by atoms with Crippen molar-refractivity contribution in [3.8, 4) is 0 Å². The number of aryl methyl sites for hydroxylation is 2. The molecule has 192 valence electrons. The second kappa shape index (κ2) is 14.3. The van der Waals surface area contributed by atoms with Crippen LogP contribution >= 0.6 is 22.7 Å². The van der Waals surface area contributed by atoms with Gasteiger partial charge in [0.25, 0.3) is 0 Å². The van der Waals surface area contributed by atoms with Crippen LogP contribution in [0, 0.1) is 0 Å². The zero-order chi connectivity index (χ0) is 25.7. The average molecular weight is 535 g/mol. The molecule has 37 heavy (non-hydrogen) atoms. The lowest BCUT2D eigenvalue weighted by atomic mass is 10.2. The SMILES string of the molecule is CC[n+]1ccsc1/N=N/c1ccc(NCCCCCNc2ccc(/N=N/c3scc[n+]3CC)cc2)cc1. The zero-order valence-corrected chi connectivity index (χ0v) is 23.0. The molecule has 0 bridgehead atoms. The van der Waals surface area contributed by atoms with Gasteiger partial charge in [0.1, 0.15) is 23.8 Å². The summed E-state index contributed by atoms with van der Waals surface area (Å²) in [5, 5.41) is 30.3. The third-order valence-corrected chi connectivity index (χ3v) is 7.32. The highest BCUT2D eigenvalue weighted by Crippen LogP contribution is 2.22. The fraction of sp³-hybridized carbons (Fsp3) is 0.333. The van der Waals surface area contributed by atoms with Crippen molar-refractivity contribution < 1.29 is 9.13 Å². The quantitative estimate of drug-likeness (QED) is 0.0977. The molecular weight excluding hydrogens is 500 g/mol. The van der Waals surface area contributed by atoms with Crippen molar-refractivity contribution in [1.29, 1.82) is 0 Å². The maximum atomic E-state index is 4.36. The van der Waals surface area contributed by atoms with E-state index in [1.54, 1.807) is 22.7 Å². The van der Waals surface area contributed by atoms with Gasteiger partial charge in [0.15, 0.2) is 0 Å². The molecule has 2 heterocycles. The third-order valence-electron chi connectivity index (χ3n) is 5.75. The molecule has 0 radical (unpaired) electrons. The summed E-state index contributed by atoms with van der Waals surface area (Å²) in [5.74, 6) is 0. The molecule has 0 saturated heterocycles. The minimum Gasteiger partial charge on any atom is -0.385 e. The fourth-order valence-electron chi connectivity index (χ4n) is 3.62. The van der Waals surface area contributed by atoms with Crippen LogP contribution in [0.15, 0.2) is 92.1 Å². The highest BCUT2D eigenvalue weighted by Gasteiger charge is 2.10. The maximum Gasteiger partial charge on any atom is 0.408 e. The van der Waals surface area contributed by atoms with E-state index in [0.29, 0.717) is 0 Å². The van der Waals surface area contributed by atoms with Crippen molar-refractivity contribution in [2.24, 2.45) is 20.5 Å². The van der Waals surface area contributed by atoms with Crippen LogP contribution in [0.1, 0.15) is 33.1 Å². The van der Waals surface area contributed by atoms with Gasteiger partial charge in [-0.3, -0.25) is 0 Å². The average Bonchev–Trinajstić information content (AvgIpc) is 3.60. The summed E-state index contributed by atoms with van der Waals surface area (Å²) in [5.41, 5.74) is 3.93. The summed E-state index contributed by atoms with van der Waals surface area (Å²) in [6, 6.07) is 16.2. The van der Waals surface area contributed by atoms with E-state index in [9.17, 15) is 0 Å². The van der Waals surface area contributed by atoms with Crippen LogP contribution in [-0.4, -0.2) is 13.1 Å². The molecule has 0 spiro atoms. The number of hydrogen-bond donors (Lipinski definition) is 2. The summed E-state index contributed by atoms with van der Waals surface area (Å²) >= 11 is 3.19. The van der Waals surface area contributed by atoms with Crippen molar-refractivity contribution in [3.63, 3.8) is 0 Å². The lowest BCUT2D eigenvalue weighted by Gasteiger charge is -2.08. The first-order valence-electron chi connectivity index (χ1n) is 12.7. The number of aromatic nitrogens is 2. The molecule has 0 atom stereocenters. The van der Waals surface area contributed by atoms with Crippen molar-refractivity contribution >= 4 is 55.7 Å². The zero-order valence-electron chi connectivity index (χ0n) is 21.4. The number of anilines is 2. The van der Waals surface area contributed by atoms with Crippen LogP contribution < -0.4 is 19.8 Å². The van der Waals surface area contributed by atoms with Gasteiger partial charge < -0.3 is 10.6 Å². The molecule has 0 aliphatic heterocycles. The van der Waals surface area contributed by atoms with Crippen molar-refractivity contribution in [1.82, 2.24) is 0 Å². The topological polar surface area (TPSA) is 81.3 Å². The smallest absolute Gasteiger partial charge is 0.385 e. The molecule has 8 nitrogen and oxygen atoms in total. The first-order valence-corrected chi connectivity index (χ1v) is 14.5. The van der Waals surface area contributed by atoms with Crippen LogP contribution in [0.4, 0.5) is 33.0 Å². The maximum absolute atomic E-state index is 4.36. The third kappa shape index (κ3) is 8.26. The Bertz CT molecular complexity index is 1180.